The summed E-state index contributed by atoms with van der Waals surface area (Å²) in [5.74, 6) is 0. The highest BCUT2D eigenvalue weighted by Gasteiger charge is 1.35. The average molecular weight is 106 g/mol. The first-order valence-corrected chi connectivity index (χ1v) is 2.41. The smallest absolute Gasteiger partial charge is 0.0167 e. The quantitative estimate of drug-likeness (QED) is 0.490. The topological polar surface area (TPSA) is 47.0 Å². The minimum atomic E-state index is 0. The minimum absolute atomic E-state index is 0. The van der Waals surface area contributed by atoms with Crippen molar-refractivity contribution in [1.82, 2.24) is 11.5 Å². The summed E-state index contributed by atoms with van der Waals surface area (Å²) in [4.78, 5) is 0. The molecule has 0 bridgehead atoms. The summed E-state index contributed by atoms with van der Waals surface area (Å²) >= 11 is 0. The van der Waals surface area contributed by atoms with Crippen molar-refractivity contribution in [3.63, 3.8) is 0 Å². The van der Waals surface area contributed by atoms with Crippen LogP contribution < -0.4 is 11.5 Å². The molecule has 4 N–H and O–H groups in total. The monoisotopic (exact) mass is 106 g/mol. The van der Waals surface area contributed by atoms with E-state index >= 15 is 0 Å². The van der Waals surface area contributed by atoms with Gasteiger partial charge in [-0.25, -0.2) is 0 Å². The van der Waals surface area contributed by atoms with Gasteiger partial charge in [0.25, 0.3) is 0 Å². The second-order valence-electron chi connectivity index (χ2n) is 1.21. The van der Waals surface area contributed by atoms with Gasteiger partial charge in [0.15, 0.2) is 0 Å². The molecule has 2 heteroatoms. The largest absolute Gasteiger partial charge is 0.344 e. The fraction of sp³-hybridized carbons (Fsp3) is 1.00. The lowest BCUT2D eigenvalue weighted by atomic mass is 10.6. The van der Waals surface area contributed by atoms with Crippen LogP contribution in [0.15, 0.2) is 0 Å². The molecule has 0 aliphatic heterocycles. The molecule has 0 amide bonds. The van der Waals surface area contributed by atoms with Gasteiger partial charge in [0.1, 0.15) is 0 Å². The van der Waals surface area contributed by atoms with E-state index in [4.69, 9.17) is 0 Å². The van der Waals surface area contributed by atoms with Crippen LogP contribution >= 0.6 is 0 Å². The highest BCUT2D eigenvalue weighted by molar-refractivity contribution is 3.92. The molecule has 0 atom stereocenters. The zero-order valence-corrected chi connectivity index (χ0v) is 5.91. The van der Waals surface area contributed by atoms with E-state index in [0.29, 0.717) is 0 Å². The van der Waals surface area contributed by atoms with Crippen LogP contribution in [0.2, 0.25) is 0 Å². The fourth-order valence-electron chi connectivity index (χ4n) is 0. The zero-order chi connectivity index (χ0) is 5.41. The molecular formula is C5H18N2. The summed E-state index contributed by atoms with van der Waals surface area (Å²) < 4.78 is 0. The molecule has 2 nitrogen and oxygen atoms in total. The van der Waals surface area contributed by atoms with Crippen LogP contribution in [-0.4, -0.2) is 14.1 Å². The molecule has 0 radical (unpaired) electrons. The van der Waals surface area contributed by atoms with Gasteiger partial charge >= 0.3 is 0 Å². The SMILES string of the molecule is CCC.CNC.N. The number of hydrogen-bond acceptors (Lipinski definition) is 2. The maximum absolute atomic E-state index is 2.75. The van der Waals surface area contributed by atoms with Gasteiger partial charge < -0.3 is 11.5 Å². The summed E-state index contributed by atoms with van der Waals surface area (Å²) in [6, 6.07) is 0. The van der Waals surface area contributed by atoms with Crippen molar-refractivity contribution in [2.75, 3.05) is 14.1 Å². The van der Waals surface area contributed by atoms with Crippen molar-refractivity contribution in [3.8, 4) is 0 Å². The molecule has 0 aromatic heterocycles. The summed E-state index contributed by atoms with van der Waals surface area (Å²) in [6.07, 6.45) is 1.25. The van der Waals surface area contributed by atoms with E-state index in [-0.39, 0.29) is 6.15 Å². The lowest BCUT2D eigenvalue weighted by Crippen LogP contribution is -1.89. The first kappa shape index (κ1) is 15.8. The Morgan fingerprint density at radius 1 is 1.14 bits per heavy atom. The van der Waals surface area contributed by atoms with Crippen molar-refractivity contribution >= 4 is 0 Å². The molecule has 0 saturated heterocycles. The molecule has 0 aromatic rings. The third kappa shape index (κ3) is 14200. The second-order valence-corrected chi connectivity index (χ2v) is 1.21. The molecule has 0 aliphatic rings. The highest BCUT2D eigenvalue weighted by Crippen LogP contribution is 1.56. The van der Waals surface area contributed by atoms with Crippen molar-refractivity contribution in [2.45, 2.75) is 20.3 Å². The van der Waals surface area contributed by atoms with Crippen molar-refractivity contribution < 1.29 is 0 Å². The summed E-state index contributed by atoms with van der Waals surface area (Å²) in [5.41, 5.74) is 0. The molecule has 0 unspecified atom stereocenters. The van der Waals surface area contributed by atoms with Crippen LogP contribution in [0, 0.1) is 0 Å². The molecule has 48 valence electrons. The van der Waals surface area contributed by atoms with E-state index in [1.165, 1.54) is 6.42 Å². The first-order chi connectivity index (χ1) is 2.83. The van der Waals surface area contributed by atoms with Gasteiger partial charge in [0, 0.05) is 0 Å². The standard InChI is InChI=1S/C3H8.C2H7N.H3N/c2*1-3-2;/h3H2,1-2H3;3H,1-2H3;1H3. The van der Waals surface area contributed by atoms with Crippen LogP contribution in [0.25, 0.3) is 0 Å². The normalized spacial score (nSPS) is 5.14. The first-order valence-electron chi connectivity index (χ1n) is 2.41. The molecule has 7 heavy (non-hydrogen) atoms. The van der Waals surface area contributed by atoms with Gasteiger partial charge in [-0.3, -0.25) is 0 Å². The van der Waals surface area contributed by atoms with E-state index in [9.17, 15) is 0 Å². The predicted octanol–water partition coefficient (Wildman–Crippen LogP) is 1.41. The molecule has 0 fully saturated rings. The molecular weight excluding hydrogens is 88.1 g/mol. The Kier molecular flexibility index (Phi) is 87.6. The van der Waals surface area contributed by atoms with Crippen LogP contribution in [0.1, 0.15) is 20.3 Å². The minimum Gasteiger partial charge on any atom is -0.344 e. The second kappa shape index (κ2) is 38.9. The Bertz CT molecular complexity index is 8.04. The van der Waals surface area contributed by atoms with Crippen LogP contribution in [0.5, 0.6) is 0 Å². The Balaban J connectivity index is -0.0000000400. The zero-order valence-electron chi connectivity index (χ0n) is 5.91. The average Bonchev–Trinajstić information content (AvgIpc) is 1.39. The van der Waals surface area contributed by atoms with E-state index in [0.717, 1.165) is 0 Å². The third-order valence-corrected chi connectivity index (χ3v) is 0. The van der Waals surface area contributed by atoms with Crippen LogP contribution in [0.4, 0.5) is 0 Å². The molecule has 0 spiro atoms. The van der Waals surface area contributed by atoms with Crippen molar-refractivity contribution in [2.24, 2.45) is 0 Å². The summed E-state index contributed by atoms with van der Waals surface area (Å²) in [5, 5.41) is 2.75. The fourth-order valence-corrected chi connectivity index (χ4v) is 0. The molecule has 0 saturated carbocycles. The maximum atomic E-state index is 2.75. The molecule has 0 heterocycles. The van der Waals surface area contributed by atoms with Crippen molar-refractivity contribution in [3.05, 3.63) is 0 Å². The van der Waals surface area contributed by atoms with Gasteiger partial charge in [-0.2, -0.15) is 0 Å². The van der Waals surface area contributed by atoms with E-state index in [1.807, 2.05) is 14.1 Å². The number of rotatable bonds is 0. The van der Waals surface area contributed by atoms with E-state index in [2.05, 4.69) is 19.2 Å². The van der Waals surface area contributed by atoms with Gasteiger partial charge in [-0.1, -0.05) is 20.3 Å². The number of nitrogens with one attached hydrogen (secondary N) is 1. The molecule has 0 rings (SSSR count). The van der Waals surface area contributed by atoms with Gasteiger partial charge in [0.05, 0.1) is 0 Å². The van der Waals surface area contributed by atoms with Crippen molar-refractivity contribution in [1.29, 1.82) is 0 Å². The molecule has 0 aliphatic carbocycles. The summed E-state index contributed by atoms with van der Waals surface area (Å²) in [6.45, 7) is 4.25. The van der Waals surface area contributed by atoms with Crippen LogP contribution in [-0.2, 0) is 0 Å². The van der Waals surface area contributed by atoms with Gasteiger partial charge in [-0.15, -0.1) is 0 Å². The lowest BCUT2D eigenvalue weighted by Gasteiger charge is -1.59. The maximum Gasteiger partial charge on any atom is -0.0167 e. The number of hydrogen-bond donors (Lipinski definition) is 2. The van der Waals surface area contributed by atoms with Gasteiger partial charge in [0.2, 0.25) is 0 Å². The Labute approximate surface area is 46.9 Å². The predicted molar refractivity (Wildman–Crippen MR) is 36.0 cm³/mol. The molecule has 0 aromatic carbocycles. The lowest BCUT2D eigenvalue weighted by molar-refractivity contribution is 1.02. The Morgan fingerprint density at radius 2 is 1.14 bits per heavy atom. The van der Waals surface area contributed by atoms with E-state index < -0.39 is 0 Å². The Morgan fingerprint density at radius 3 is 1.14 bits per heavy atom. The Hall–Kier alpha value is -0.0800. The van der Waals surface area contributed by atoms with E-state index in [1.54, 1.807) is 0 Å². The van der Waals surface area contributed by atoms with Crippen LogP contribution in [0.3, 0.4) is 0 Å². The summed E-state index contributed by atoms with van der Waals surface area (Å²) in [7, 11) is 3.75. The highest BCUT2D eigenvalue weighted by atomic mass is 14.7. The third-order valence-electron chi connectivity index (χ3n) is 0. The van der Waals surface area contributed by atoms with Gasteiger partial charge in [-0.05, 0) is 14.1 Å².